The minimum atomic E-state index is -3.65. The van der Waals surface area contributed by atoms with Gasteiger partial charge in [-0.2, -0.15) is 0 Å². The number of Topliss-reactive ketones (excluding diaryl/α,β-unsaturated/α-hetero) is 1. The minimum Gasteiger partial charge on any atom is -0.492 e. The molecular weight excluding hydrogens is 598 g/mol. The van der Waals surface area contributed by atoms with Crippen LogP contribution < -0.4 is 9.04 Å². The lowest BCUT2D eigenvalue weighted by Crippen LogP contribution is -2.38. The summed E-state index contributed by atoms with van der Waals surface area (Å²) in [6, 6.07) is 38.4. The number of carbonyl (C=O) groups is 2. The number of carbonyl (C=O) groups excluding carboxylic acids is 2. The first-order valence-electron chi connectivity index (χ1n) is 14.9. The number of ketones is 1. The van der Waals surface area contributed by atoms with E-state index in [9.17, 15) is 18.0 Å². The van der Waals surface area contributed by atoms with Crippen LogP contribution in [0.25, 0.3) is 21.8 Å². The molecule has 0 spiro atoms. The number of ether oxygens (including phenoxy) is 1. The Balaban J connectivity index is 1.20. The van der Waals surface area contributed by atoms with Gasteiger partial charge in [-0.05, 0) is 48.0 Å². The third kappa shape index (κ3) is 6.95. The van der Waals surface area contributed by atoms with Gasteiger partial charge in [0, 0.05) is 33.5 Å². The topological polar surface area (TPSA) is 99.8 Å². The van der Waals surface area contributed by atoms with Crippen LogP contribution in [0.15, 0.2) is 127 Å². The van der Waals surface area contributed by atoms with Gasteiger partial charge in [0.05, 0.1) is 37.1 Å². The number of fused-ring (bicyclic) bond motifs is 3. The summed E-state index contributed by atoms with van der Waals surface area (Å²) < 4.78 is 32.9. The number of nitrogens with zero attached hydrogens (tertiary/aromatic N) is 2. The Bertz CT molecular complexity index is 2110. The molecule has 0 aliphatic carbocycles. The Kier molecular flexibility index (Phi) is 8.85. The highest BCUT2D eigenvalue weighted by Crippen LogP contribution is 2.28. The average molecular weight is 632 g/mol. The third-order valence-electron chi connectivity index (χ3n) is 7.78. The average Bonchev–Trinajstić information content (AvgIpc) is 3.44. The number of para-hydroxylation sites is 1. The maximum Gasteiger partial charge on any atom is 0.254 e. The van der Waals surface area contributed by atoms with Crippen LogP contribution in [0, 0.1) is 0 Å². The predicted molar refractivity (Wildman–Crippen MR) is 182 cm³/mol. The standard InChI is InChI=1S/C37H33N3O5S/c1-46(43,44)40(25-27-11-4-2-5-12-27)30-16-10-15-29(23-30)36(41)26-39(37(42)28-13-6-3-7-14-28)21-22-45-31-19-20-33-32-17-8-9-18-34(32)38-35(33)24-31/h2-20,23-24,38H,21-22,25-26H2,1H3. The van der Waals surface area contributed by atoms with Gasteiger partial charge in [-0.15, -0.1) is 0 Å². The van der Waals surface area contributed by atoms with Crippen molar-refractivity contribution in [3.63, 3.8) is 0 Å². The number of benzene rings is 5. The molecule has 46 heavy (non-hydrogen) atoms. The second-order valence-corrected chi connectivity index (χ2v) is 13.0. The Hall–Kier alpha value is -5.41. The number of H-pyrrole nitrogens is 1. The molecule has 1 aromatic heterocycles. The van der Waals surface area contributed by atoms with Gasteiger partial charge in [-0.25, -0.2) is 8.42 Å². The summed E-state index contributed by atoms with van der Waals surface area (Å²) in [5.41, 5.74) is 3.92. The Morgan fingerprint density at radius 3 is 2.15 bits per heavy atom. The summed E-state index contributed by atoms with van der Waals surface area (Å²) in [4.78, 5) is 32.1. The van der Waals surface area contributed by atoms with E-state index in [1.807, 2.05) is 72.8 Å². The first-order chi connectivity index (χ1) is 22.3. The Morgan fingerprint density at radius 1 is 0.717 bits per heavy atom. The molecule has 6 rings (SSSR count). The summed E-state index contributed by atoms with van der Waals surface area (Å²) in [7, 11) is -3.65. The van der Waals surface area contributed by atoms with E-state index in [1.54, 1.807) is 48.5 Å². The number of rotatable bonds is 12. The molecular formula is C37H33N3O5S. The van der Waals surface area contributed by atoms with Gasteiger partial charge in [0.1, 0.15) is 12.4 Å². The van der Waals surface area contributed by atoms with Crippen molar-refractivity contribution in [1.29, 1.82) is 0 Å². The largest absolute Gasteiger partial charge is 0.492 e. The number of aromatic nitrogens is 1. The van der Waals surface area contributed by atoms with E-state index in [0.29, 0.717) is 22.6 Å². The van der Waals surface area contributed by atoms with Crippen LogP contribution in [-0.2, 0) is 16.6 Å². The van der Waals surface area contributed by atoms with E-state index in [2.05, 4.69) is 11.1 Å². The fraction of sp³-hybridized carbons (Fsp3) is 0.135. The number of aromatic amines is 1. The molecule has 0 unspecified atom stereocenters. The van der Waals surface area contributed by atoms with E-state index in [1.165, 1.54) is 9.21 Å². The molecule has 9 heteroatoms. The normalized spacial score (nSPS) is 11.4. The molecule has 8 nitrogen and oxygen atoms in total. The Morgan fingerprint density at radius 2 is 1.39 bits per heavy atom. The zero-order valence-corrected chi connectivity index (χ0v) is 26.1. The van der Waals surface area contributed by atoms with Gasteiger partial charge in [-0.3, -0.25) is 13.9 Å². The summed E-state index contributed by atoms with van der Waals surface area (Å²) in [5.74, 6) is 0.0184. The molecule has 0 saturated carbocycles. The minimum absolute atomic E-state index is 0.123. The summed E-state index contributed by atoms with van der Waals surface area (Å²) in [6.07, 6.45) is 1.14. The van der Waals surface area contributed by atoms with Crippen LogP contribution in [0.1, 0.15) is 26.3 Å². The number of amides is 1. The van der Waals surface area contributed by atoms with Crippen molar-refractivity contribution < 1.29 is 22.7 Å². The lowest BCUT2D eigenvalue weighted by Gasteiger charge is -2.24. The van der Waals surface area contributed by atoms with Crippen LogP contribution in [0.5, 0.6) is 5.75 Å². The van der Waals surface area contributed by atoms with Crippen molar-refractivity contribution in [2.45, 2.75) is 6.54 Å². The van der Waals surface area contributed by atoms with Crippen LogP contribution in [0.3, 0.4) is 0 Å². The molecule has 0 saturated heterocycles. The number of nitrogens with one attached hydrogen (secondary N) is 1. The van der Waals surface area contributed by atoms with E-state index in [4.69, 9.17) is 4.74 Å². The second-order valence-electron chi connectivity index (χ2n) is 11.0. The first-order valence-corrected chi connectivity index (χ1v) is 16.7. The van der Waals surface area contributed by atoms with E-state index >= 15 is 0 Å². The summed E-state index contributed by atoms with van der Waals surface area (Å²) in [6.45, 7) is 0.237. The van der Waals surface area contributed by atoms with Gasteiger partial charge < -0.3 is 14.6 Å². The van der Waals surface area contributed by atoms with E-state index in [-0.39, 0.29) is 37.9 Å². The fourth-order valence-electron chi connectivity index (χ4n) is 5.46. The van der Waals surface area contributed by atoms with Crippen LogP contribution in [-0.4, -0.2) is 55.9 Å². The predicted octanol–water partition coefficient (Wildman–Crippen LogP) is 6.69. The van der Waals surface area contributed by atoms with Gasteiger partial charge in [-0.1, -0.05) is 78.9 Å². The zero-order valence-electron chi connectivity index (χ0n) is 25.3. The van der Waals surface area contributed by atoms with Crippen molar-refractivity contribution in [3.8, 4) is 5.75 Å². The van der Waals surface area contributed by atoms with Crippen molar-refractivity contribution in [2.24, 2.45) is 0 Å². The summed E-state index contributed by atoms with van der Waals surface area (Å²) >= 11 is 0. The van der Waals surface area contributed by atoms with Crippen LogP contribution >= 0.6 is 0 Å². The van der Waals surface area contributed by atoms with Crippen molar-refractivity contribution in [2.75, 3.05) is 30.3 Å². The van der Waals surface area contributed by atoms with Crippen molar-refractivity contribution in [3.05, 3.63) is 144 Å². The molecule has 1 N–H and O–H groups in total. The molecule has 5 aromatic carbocycles. The van der Waals surface area contributed by atoms with Gasteiger partial charge in [0.25, 0.3) is 5.91 Å². The van der Waals surface area contributed by atoms with Crippen molar-refractivity contribution >= 4 is 49.2 Å². The SMILES string of the molecule is CS(=O)(=O)N(Cc1ccccc1)c1cccc(C(=O)CN(CCOc2ccc3c(c2)[nH]c2ccccc23)C(=O)c2ccccc2)c1. The lowest BCUT2D eigenvalue weighted by molar-refractivity contribution is 0.0686. The quantitative estimate of drug-likeness (QED) is 0.152. The molecule has 0 fully saturated rings. The first kappa shape index (κ1) is 30.6. The lowest BCUT2D eigenvalue weighted by atomic mass is 10.1. The highest BCUT2D eigenvalue weighted by molar-refractivity contribution is 7.92. The third-order valence-corrected chi connectivity index (χ3v) is 8.92. The smallest absolute Gasteiger partial charge is 0.254 e. The van der Waals surface area contributed by atoms with Crippen LogP contribution in [0.2, 0.25) is 0 Å². The van der Waals surface area contributed by atoms with Crippen molar-refractivity contribution in [1.82, 2.24) is 9.88 Å². The molecule has 0 atom stereocenters. The maximum atomic E-state index is 13.6. The van der Waals surface area contributed by atoms with Gasteiger partial charge in [0.15, 0.2) is 5.78 Å². The summed E-state index contributed by atoms with van der Waals surface area (Å²) in [5, 5.41) is 2.22. The number of sulfonamides is 1. The molecule has 6 aromatic rings. The molecule has 1 heterocycles. The highest BCUT2D eigenvalue weighted by atomic mass is 32.2. The van der Waals surface area contributed by atoms with E-state index in [0.717, 1.165) is 33.6 Å². The number of anilines is 1. The monoisotopic (exact) mass is 631 g/mol. The van der Waals surface area contributed by atoms with E-state index < -0.39 is 10.0 Å². The fourth-order valence-corrected chi connectivity index (χ4v) is 6.34. The number of hydrogen-bond donors (Lipinski definition) is 1. The number of hydrogen-bond acceptors (Lipinski definition) is 5. The molecule has 1 amide bonds. The highest BCUT2D eigenvalue weighted by Gasteiger charge is 2.23. The molecule has 0 aliphatic rings. The maximum absolute atomic E-state index is 13.6. The second kappa shape index (κ2) is 13.3. The zero-order chi connectivity index (χ0) is 32.1. The van der Waals surface area contributed by atoms with Gasteiger partial charge in [0.2, 0.25) is 10.0 Å². The molecule has 0 aliphatic heterocycles. The van der Waals surface area contributed by atoms with Gasteiger partial charge >= 0.3 is 0 Å². The Labute approximate surface area is 267 Å². The molecule has 0 bridgehead atoms. The van der Waals surface area contributed by atoms with Crippen LogP contribution in [0.4, 0.5) is 5.69 Å². The molecule has 232 valence electrons. The molecule has 0 radical (unpaired) electrons.